The van der Waals surface area contributed by atoms with Crippen molar-refractivity contribution in [3.05, 3.63) is 35.4 Å². The lowest BCUT2D eigenvalue weighted by Crippen LogP contribution is -2.48. The highest BCUT2D eigenvalue weighted by atomic mass is 16.3. The van der Waals surface area contributed by atoms with Crippen LogP contribution in [0.4, 0.5) is 0 Å². The van der Waals surface area contributed by atoms with Gasteiger partial charge in [-0.3, -0.25) is 10.1 Å². The summed E-state index contributed by atoms with van der Waals surface area (Å²) in [7, 11) is 0. The van der Waals surface area contributed by atoms with Crippen LogP contribution in [-0.4, -0.2) is 42.4 Å². The summed E-state index contributed by atoms with van der Waals surface area (Å²) in [6.45, 7) is 1.95. The number of aliphatic hydroxyl groups is 1. The quantitative estimate of drug-likeness (QED) is 0.635. The topological polar surface area (TPSA) is 73.4 Å². The minimum atomic E-state index is -0.658. The van der Waals surface area contributed by atoms with Crippen molar-refractivity contribution in [2.24, 2.45) is 5.92 Å². The molecule has 0 bridgehead atoms. The molecule has 3 fully saturated rings. The third-order valence-electron chi connectivity index (χ3n) is 5.73. The van der Waals surface area contributed by atoms with E-state index in [2.05, 4.69) is 22.0 Å². The molecule has 4 rings (SSSR count). The molecule has 0 radical (unpaired) electrons. The van der Waals surface area contributed by atoms with Crippen molar-refractivity contribution in [2.45, 2.75) is 62.8 Å². The predicted molar refractivity (Wildman–Crippen MR) is 97.4 cm³/mol. The molecule has 25 heavy (non-hydrogen) atoms. The molecule has 3 aliphatic rings. The number of rotatable bonds is 6. The first kappa shape index (κ1) is 17.0. The number of benzene rings is 1. The number of carbonyl (C=O) groups is 1. The zero-order valence-corrected chi connectivity index (χ0v) is 14.7. The van der Waals surface area contributed by atoms with Crippen molar-refractivity contribution >= 4 is 5.91 Å². The average Bonchev–Trinajstić information content (AvgIpc) is 3.50. The van der Waals surface area contributed by atoms with E-state index in [-0.39, 0.29) is 11.9 Å². The fourth-order valence-corrected chi connectivity index (χ4v) is 3.78. The fourth-order valence-electron chi connectivity index (χ4n) is 3.78. The van der Waals surface area contributed by atoms with Gasteiger partial charge in [-0.15, -0.1) is 0 Å². The number of nitrogens with one attached hydrogen (secondary N) is 3. The van der Waals surface area contributed by atoms with Crippen LogP contribution in [-0.2, 0) is 0 Å². The van der Waals surface area contributed by atoms with Crippen LogP contribution in [0.25, 0.3) is 0 Å². The highest BCUT2D eigenvalue weighted by molar-refractivity contribution is 5.94. The summed E-state index contributed by atoms with van der Waals surface area (Å²) in [5.41, 5.74) is 1.95. The predicted octanol–water partition coefficient (Wildman–Crippen LogP) is 1.73. The van der Waals surface area contributed by atoms with Crippen molar-refractivity contribution < 1.29 is 9.90 Å². The lowest BCUT2D eigenvalue weighted by Gasteiger charge is -2.22. The average molecular weight is 343 g/mol. The van der Waals surface area contributed by atoms with Gasteiger partial charge in [-0.2, -0.15) is 0 Å². The molecule has 4 atom stereocenters. The normalized spacial score (nSPS) is 32.0. The number of hydrogen-bond donors (Lipinski definition) is 4. The monoisotopic (exact) mass is 343 g/mol. The SMILES string of the molecule is O=C(NC1CCCCNC1O)c1cccc(C2CC2NCC2CC2)c1. The van der Waals surface area contributed by atoms with Gasteiger partial charge in [0.2, 0.25) is 0 Å². The molecular weight excluding hydrogens is 314 g/mol. The molecule has 136 valence electrons. The molecule has 2 saturated carbocycles. The van der Waals surface area contributed by atoms with E-state index < -0.39 is 6.23 Å². The van der Waals surface area contributed by atoms with Crippen LogP contribution in [0.15, 0.2) is 24.3 Å². The lowest BCUT2D eigenvalue weighted by molar-refractivity contribution is 0.0755. The van der Waals surface area contributed by atoms with Crippen LogP contribution in [0.3, 0.4) is 0 Å². The first-order valence-electron chi connectivity index (χ1n) is 9.76. The molecule has 5 heteroatoms. The van der Waals surface area contributed by atoms with E-state index in [9.17, 15) is 9.90 Å². The van der Waals surface area contributed by atoms with Crippen LogP contribution in [0, 0.1) is 5.92 Å². The molecule has 1 aromatic carbocycles. The van der Waals surface area contributed by atoms with Crippen LogP contribution in [0.2, 0.25) is 0 Å². The molecule has 5 nitrogen and oxygen atoms in total. The van der Waals surface area contributed by atoms with E-state index in [4.69, 9.17) is 0 Å². The van der Waals surface area contributed by atoms with Gasteiger partial charge in [-0.05, 0) is 75.2 Å². The van der Waals surface area contributed by atoms with E-state index in [0.29, 0.717) is 17.5 Å². The van der Waals surface area contributed by atoms with Gasteiger partial charge < -0.3 is 15.7 Å². The zero-order valence-electron chi connectivity index (χ0n) is 14.7. The van der Waals surface area contributed by atoms with Gasteiger partial charge in [0.05, 0.1) is 6.04 Å². The lowest BCUT2D eigenvalue weighted by atomic mass is 10.0. The first-order valence-corrected chi connectivity index (χ1v) is 9.76. The van der Waals surface area contributed by atoms with Gasteiger partial charge >= 0.3 is 0 Å². The standard InChI is InChI=1S/C20H29N3O2/c24-19(23-17-6-1-2-9-21-20(17)25)15-5-3-4-14(10-15)16-11-18(16)22-12-13-7-8-13/h3-5,10,13,16-18,20-22,25H,1-2,6-9,11-12H2,(H,23,24). The Bertz CT molecular complexity index is 617. The van der Waals surface area contributed by atoms with E-state index in [0.717, 1.165) is 38.3 Å². The Hall–Kier alpha value is -1.43. The summed E-state index contributed by atoms with van der Waals surface area (Å²) in [6.07, 6.45) is 6.14. The Kier molecular flexibility index (Phi) is 5.06. The summed E-state index contributed by atoms with van der Waals surface area (Å²) < 4.78 is 0. The molecule has 0 aromatic heterocycles. The molecule has 1 saturated heterocycles. The molecule has 0 spiro atoms. The van der Waals surface area contributed by atoms with Crippen LogP contribution >= 0.6 is 0 Å². The summed E-state index contributed by atoms with van der Waals surface area (Å²) >= 11 is 0. The Morgan fingerprint density at radius 1 is 1.20 bits per heavy atom. The minimum absolute atomic E-state index is 0.0854. The summed E-state index contributed by atoms with van der Waals surface area (Å²) in [5, 5.41) is 19.8. The summed E-state index contributed by atoms with van der Waals surface area (Å²) in [5.74, 6) is 1.35. The summed E-state index contributed by atoms with van der Waals surface area (Å²) in [4.78, 5) is 12.6. The van der Waals surface area contributed by atoms with Gasteiger partial charge in [0.1, 0.15) is 6.23 Å². The molecule has 2 aliphatic carbocycles. The maximum absolute atomic E-state index is 12.6. The fraction of sp³-hybridized carbons (Fsp3) is 0.650. The number of aliphatic hydroxyl groups excluding tert-OH is 1. The smallest absolute Gasteiger partial charge is 0.251 e. The van der Waals surface area contributed by atoms with Gasteiger partial charge in [0.25, 0.3) is 5.91 Å². The zero-order chi connectivity index (χ0) is 17.2. The maximum atomic E-state index is 12.6. The second-order valence-corrected chi connectivity index (χ2v) is 7.90. The number of carbonyl (C=O) groups excluding carboxylic acids is 1. The Labute approximate surface area is 149 Å². The Morgan fingerprint density at radius 2 is 2.08 bits per heavy atom. The summed E-state index contributed by atoms with van der Waals surface area (Å²) in [6, 6.07) is 8.35. The van der Waals surface area contributed by atoms with Crippen molar-refractivity contribution in [2.75, 3.05) is 13.1 Å². The molecule has 4 unspecified atom stereocenters. The van der Waals surface area contributed by atoms with Crippen molar-refractivity contribution in [3.63, 3.8) is 0 Å². The second-order valence-electron chi connectivity index (χ2n) is 7.90. The largest absolute Gasteiger partial charge is 0.376 e. The minimum Gasteiger partial charge on any atom is -0.376 e. The molecule has 1 amide bonds. The van der Waals surface area contributed by atoms with E-state index in [1.54, 1.807) is 0 Å². The van der Waals surface area contributed by atoms with Crippen LogP contribution in [0.5, 0.6) is 0 Å². The van der Waals surface area contributed by atoms with Gasteiger partial charge in [-0.1, -0.05) is 12.1 Å². The van der Waals surface area contributed by atoms with Crippen molar-refractivity contribution in [3.8, 4) is 0 Å². The highest BCUT2D eigenvalue weighted by Gasteiger charge is 2.39. The van der Waals surface area contributed by atoms with Crippen molar-refractivity contribution in [1.29, 1.82) is 0 Å². The molecule has 1 heterocycles. The molecule has 1 aliphatic heterocycles. The van der Waals surface area contributed by atoms with E-state index in [1.165, 1.54) is 24.8 Å². The van der Waals surface area contributed by atoms with Crippen LogP contribution < -0.4 is 16.0 Å². The molecular formula is C20H29N3O2. The van der Waals surface area contributed by atoms with E-state index >= 15 is 0 Å². The Morgan fingerprint density at radius 3 is 2.92 bits per heavy atom. The van der Waals surface area contributed by atoms with Gasteiger partial charge in [0, 0.05) is 17.5 Å². The van der Waals surface area contributed by atoms with E-state index in [1.807, 2.05) is 18.2 Å². The number of amides is 1. The molecule has 1 aromatic rings. The third-order valence-corrected chi connectivity index (χ3v) is 5.73. The Balaban J connectivity index is 1.34. The third kappa shape index (κ3) is 4.40. The second kappa shape index (κ2) is 7.44. The highest BCUT2D eigenvalue weighted by Crippen LogP contribution is 2.41. The van der Waals surface area contributed by atoms with Gasteiger partial charge in [0.15, 0.2) is 0 Å². The van der Waals surface area contributed by atoms with Crippen LogP contribution in [0.1, 0.15) is 60.4 Å². The van der Waals surface area contributed by atoms with Crippen molar-refractivity contribution in [1.82, 2.24) is 16.0 Å². The maximum Gasteiger partial charge on any atom is 0.251 e. The number of hydrogen-bond acceptors (Lipinski definition) is 4. The first-order chi connectivity index (χ1) is 12.2. The molecule has 4 N–H and O–H groups in total. The van der Waals surface area contributed by atoms with Gasteiger partial charge in [-0.25, -0.2) is 0 Å².